The Morgan fingerprint density at radius 1 is 1.50 bits per heavy atom. The van der Waals surface area contributed by atoms with E-state index >= 15 is 0 Å². The molecule has 1 aromatic heterocycles. The number of aromatic nitrogens is 1. The number of H-pyrrole nitrogens is 1. The third kappa shape index (κ3) is 2.55. The van der Waals surface area contributed by atoms with Crippen LogP contribution in [0.25, 0.3) is 10.9 Å². The third-order valence-electron chi connectivity index (χ3n) is 2.56. The first kappa shape index (κ1) is 11.9. The van der Waals surface area contributed by atoms with E-state index in [4.69, 9.17) is 5.26 Å². The number of fused-ring (bicyclic) bond motifs is 1. The van der Waals surface area contributed by atoms with Gasteiger partial charge in [0.25, 0.3) is 5.91 Å². The molecule has 1 aromatic carbocycles. The third-order valence-corrected chi connectivity index (χ3v) is 2.56. The number of aromatic amines is 1. The average Bonchev–Trinajstić information content (AvgIpc) is 2.83. The molecule has 0 fully saturated rings. The van der Waals surface area contributed by atoms with Gasteiger partial charge in [-0.2, -0.15) is 10.4 Å². The Labute approximate surface area is 104 Å². The summed E-state index contributed by atoms with van der Waals surface area (Å²) in [6.07, 6.45) is 1.68. The number of nitrogens with zero attached hydrogens (tertiary/aromatic N) is 2. The number of carbonyl (C=O) groups excluding carboxylic acids is 1. The Morgan fingerprint density at radius 2 is 2.33 bits per heavy atom. The fourth-order valence-corrected chi connectivity index (χ4v) is 1.59. The fraction of sp³-hybridized carbons (Fsp3) is 0.154. The molecule has 2 aromatic rings. The molecule has 0 saturated heterocycles. The molecular weight excluding hydrogens is 228 g/mol. The fourth-order valence-electron chi connectivity index (χ4n) is 1.59. The SMILES string of the molecule is C/C(=N/NC(=O)CC#N)c1ccc2cc[nH]c2c1. The molecule has 0 aliphatic heterocycles. The van der Waals surface area contributed by atoms with E-state index in [9.17, 15) is 4.79 Å². The normalized spacial score (nSPS) is 11.2. The number of nitrogens with one attached hydrogen (secondary N) is 2. The lowest BCUT2D eigenvalue weighted by molar-refractivity contribution is -0.120. The molecule has 2 N–H and O–H groups in total. The van der Waals surface area contributed by atoms with Crippen LogP contribution in [0.4, 0.5) is 0 Å². The van der Waals surface area contributed by atoms with Gasteiger partial charge in [-0.3, -0.25) is 4.79 Å². The smallest absolute Gasteiger partial charge is 0.254 e. The van der Waals surface area contributed by atoms with E-state index in [0.717, 1.165) is 16.5 Å². The van der Waals surface area contributed by atoms with Crippen LogP contribution < -0.4 is 5.43 Å². The summed E-state index contributed by atoms with van der Waals surface area (Å²) in [5, 5.41) is 13.4. The Morgan fingerprint density at radius 3 is 3.11 bits per heavy atom. The first-order valence-electron chi connectivity index (χ1n) is 5.48. The predicted molar refractivity (Wildman–Crippen MR) is 68.9 cm³/mol. The van der Waals surface area contributed by atoms with Gasteiger partial charge in [0, 0.05) is 11.7 Å². The second kappa shape index (κ2) is 5.15. The highest BCUT2D eigenvalue weighted by Crippen LogP contribution is 2.14. The van der Waals surface area contributed by atoms with E-state index in [-0.39, 0.29) is 6.42 Å². The lowest BCUT2D eigenvalue weighted by atomic mass is 10.1. The highest BCUT2D eigenvalue weighted by Gasteiger charge is 2.02. The number of hydrazone groups is 1. The molecule has 90 valence electrons. The zero-order valence-electron chi connectivity index (χ0n) is 9.90. The standard InChI is InChI=1S/C13H12N4O/c1-9(16-17-13(18)4-6-14)11-3-2-10-5-7-15-12(10)8-11/h2-3,5,7-8,15H,4H2,1H3,(H,17,18)/b16-9-. The van der Waals surface area contributed by atoms with Crippen molar-refractivity contribution in [2.24, 2.45) is 5.10 Å². The number of rotatable bonds is 3. The molecule has 0 spiro atoms. The van der Waals surface area contributed by atoms with Crippen LogP contribution in [0.1, 0.15) is 18.9 Å². The van der Waals surface area contributed by atoms with Crippen molar-refractivity contribution >= 4 is 22.5 Å². The molecule has 0 saturated carbocycles. The molecule has 1 amide bonds. The van der Waals surface area contributed by atoms with Gasteiger partial charge in [-0.05, 0) is 30.0 Å². The van der Waals surface area contributed by atoms with Gasteiger partial charge in [-0.1, -0.05) is 12.1 Å². The van der Waals surface area contributed by atoms with E-state index in [1.54, 1.807) is 13.0 Å². The van der Waals surface area contributed by atoms with Gasteiger partial charge in [0.15, 0.2) is 0 Å². The molecule has 5 heteroatoms. The lowest BCUT2D eigenvalue weighted by Crippen LogP contribution is -2.18. The van der Waals surface area contributed by atoms with Crippen LogP contribution in [0.2, 0.25) is 0 Å². The highest BCUT2D eigenvalue weighted by molar-refractivity contribution is 6.01. The van der Waals surface area contributed by atoms with Gasteiger partial charge in [-0.25, -0.2) is 5.43 Å². The van der Waals surface area contributed by atoms with Crippen molar-refractivity contribution in [1.29, 1.82) is 5.26 Å². The maximum absolute atomic E-state index is 11.1. The number of hydrogen-bond donors (Lipinski definition) is 2. The molecule has 0 bridgehead atoms. The van der Waals surface area contributed by atoms with Crippen LogP contribution in [0.15, 0.2) is 35.6 Å². The summed E-state index contributed by atoms with van der Waals surface area (Å²) < 4.78 is 0. The van der Waals surface area contributed by atoms with Crippen molar-refractivity contribution in [2.75, 3.05) is 0 Å². The minimum Gasteiger partial charge on any atom is -0.361 e. The van der Waals surface area contributed by atoms with E-state index in [1.807, 2.05) is 30.5 Å². The Kier molecular flexibility index (Phi) is 3.39. The van der Waals surface area contributed by atoms with Gasteiger partial charge in [0.1, 0.15) is 6.42 Å². The summed E-state index contributed by atoms with van der Waals surface area (Å²) in [4.78, 5) is 14.2. The minimum absolute atomic E-state index is 0.188. The van der Waals surface area contributed by atoms with Crippen LogP contribution >= 0.6 is 0 Å². The van der Waals surface area contributed by atoms with Gasteiger partial charge < -0.3 is 4.98 Å². The molecule has 0 aliphatic rings. The highest BCUT2D eigenvalue weighted by atomic mass is 16.2. The monoisotopic (exact) mass is 240 g/mol. The van der Waals surface area contributed by atoms with Gasteiger partial charge in [-0.15, -0.1) is 0 Å². The number of amides is 1. The van der Waals surface area contributed by atoms with Crippen molar-refractivity contribution in [2.45, 2.75) is 13.3 Å². The van der Waals surface area contributed by atoms with Crippen LogP contribution in [-0.4, -0.2) is 16.6 Å². The zero-order valence-corrected chi connectivity index (χ0v) is 9.90. The van der Waals surface area contributed by atoms with Crippen molar-refractivity contribution in [3.05, 3.63) is 36.0 Å². The number of carbonyl (C=O) groups is 1. The van der Waals surface area contributed by atoms with E-state index < -0.39 is 5.91 Å². The topological polar surface area (TPSA) is 81.0 Å². The summed E-state index contributed by atoms with van der Waals surface area (Å²) in [5.41, 5.74) is 4.97. The van der Waals surface area contributed by atoms with Crippen LogP contribution in [0.5, 0.6) is 0 Å². The van der Waals surface area contributed by atoms with Crippen LogP contribution in [0.3, 0.4) is 0 Å². The lowest BCUT2D eigenvalue weighted by Gasteiger charge is -2.01. The Bertz CT molecular complexity index is 648. The first-order chi connectivity index (χ1) is 8.70. The summed E-state index contributed by atoms with van der Waals surface area (Å²) >= 11 is 0. The number of benzene rings is 1. The second-order valence-corrected chi connectivity index (χ2v) is 3.85. The maximum Gasteiger partial charge on any atom is 0.254 e. The molecule has 0 aliphatic carbocycles. The number of nitriles is 1. The van der Waals surface area contributed by atoms with Crippen LogP contribution in [-0.2, 0) is 4.79 Å². The zero-order chi connectivity index (χ0) is 13.0. The van der Waals surface area contributed by atoms with Crippen LogP contribution in [0, 0.1) is 11.3 Å². The van der Waals surface area contributed by atoms with E-state index in [2.05, 4.69) is 15.5 Å². The van der Waals surface area contributed by atoms with E-state index in [1.165, 1.54) is 0 Å². The molecule has 1 heterocycles. The van der Waals surface area contributed by atoms with Gasteiger partial charge in [0.2, 0.25) is 0 Å². The minimum atomic E-state index is -0.405. The van der Waals surface area contributed by atoms with Crippen molar-refractivity contribution < 1.29 is 4.79 Å². The van der Waals surface area contributed by atoms with Crippen molar-refractivity contribution in [3.63, 3.8) is 0 Å². The molecule has 0 unspecified atom stereocenters. The molecule has 2 rings (SSSR count). The molecule has 0 atom stereocenters. The molecule has 0 radical (unpaired) electrons. The number of hydrogen-bond acceptors (Lipinski definition) is 3. The summed E-state index contributed by atoms with van der Waals surface area (Å²) in [5.74, 6) is -0.405. The summed E-state index contributed by atoms with van der Waals surface area (Å²) in [6, 6.07) is 9.63. The quantitative estimate of drug-likeness (QED) is 0.634. The Hall–Kier alpha value is -2.61. The van der Waals surface area contributed by atoms with Gasteiger partial charge in [0.05, 0.1) is 11.8 Å². The molecule has 18 heavy (non-hydrogen) atoms. The molecule has 5 nitrogen and oxygen atoms in total. The first-order valence-corrected chi connectivity index (χ1v) is 5.48. The van der Waals surface area contributed by atoms with Crippen molar-refractivity contribution in [3.8, 4) is 6.07 Å². The van der Waals surface area contributed by atoms with E-state index in [0.29, 0.717) is 5.71 Å². The predicted octanol–water partition coefficient (Wildman–Crippen LogP) is 1.92. The summed E-state index contributed by atoms with van der Waals surface area (Å²) in [6.45, 7) is 1.80. The van der Waals surface area contributed by atoms with Crippen molar-refractivity contribution in [1.82, 2.24) is 10.4 Å². The average molecular weight is 240 g/mol. The second-order valence-electron chi connectivity index (χ2n) is 3.85. The largest absolute Gasteiger partial charge is 0.361 e. The maximum atomic E-state index is 11.1. The van der Waals surface area contributed by atoms with Gasteiger partial charge >= 0.3 is 0 Å². The molecular formula is C13H12N4O. The Balaban J connectivity index is 2.17. The summed E-state index contributed by atoms with van der Waals surface area (Å²) in [7, 11) is 0.